The first kappa shape index (κ1) is 21.1. The van der Waals surface area contributed by atoms with Gasteiger partial charge < -0.3 is 4.90 Å². The van der Waals surface area contributed by atoms with Gasteiger partial charge in [0.05, 0.1) is 0 Å². The maximum absolute atomic E-state index is 11.7. The zero-order valence-electron chi connectivity index (χ0n) is 15.1. The molecule has 130 valence electrons. The lowest BCUT2D eigenvalue weighted by Gasteiger charge is -2.10. The molecule has 0 radical (unpaired) electrons. The Labute approximate surface area is 137 Å². The van der Waals surface area contributed by atoms with E-state index in [1.807, 2.05) is 33.0 Å². The lowest BCUT2D eigenvalue weighted by molar-refractivity contribution is -0.132. The number of rotatable bonds is 0. The monoisotopic (exact) mass is 312 g/mol. The standard InChI is InChI=1S/C15H27NO2.C3H9N/c1-13-11-9-7-5-3-2-4-6-8-10-12-14(17)16-15(13)18;1-4(2)3/h13H,2-12H2,1H3,(H,16,17,18);1-3H3. The maximum Gasteiger partial charge on any atom is 0.229 e. The fraction of sp³-hybridized carbons (Fsp3) is 0.889. The average molecular weight is 312 g/mol. The van der Waals surface area contributed by atoms with E-state index in [1.54, 1.807) is 0 Å². The molecule has 1 saturated heterocycles. The molecule has 0 aromatic rings. The van der Waals surface area contributed by atoms with Gasteiger partial charge in [-0.1, -0.05) is 58.3 Å². The van der Waals surface area contributed by atoms with E-state index < -0.39 is 0 Å². The molecule has 1 heterocycles. The number of carbonyl (C=O) groups is 2. The number of nitrogens with one attached hydrogen (secondary N) is 1. The number of imide groups is 1. The van der Waals surface area contributed by atoms with Gasteiger partial charge in [0.15, 0.2) is 0 Å². The van der Waals surface area contributed by atoms with Crippen molar-refractivity contribution >= 4 is 11.8 Å². The fourth-order valence-electron chi connectivity index (χ4n) is 2.43. The number of carbonyl (C=O) groups excluding carboxylic acids is 2. The topological polar surface area (TPSA) is 49.4 Å². The van der Waals surface area contributed by atoms with Crippen LogP contribution in [0.5, 0.6) is 0 Å². The van der Waals surface area contributed by atoms with E-state index in [2.05, 4.69) is 5.32 Å². The van der Waals surface area contributed by atoms with Crippen molar-refractivity contribution in [2.45, 2.75) is 77.6 Å². The third-order valence-corrected chi connectivity index (χ3v) is 3.75. The summed E-state index contributed by atoms with van der Waals surface area (Å²) in [7, 11) is 6.00. The van der Waals surface area contributed by atoms with Crippen LogP contribution in [0.4, 0.5) is 0 Å². The van der Waals surface area contributed by atoms with E-state index in [0.29, 0.717) is 6.42 Å². The molecular formula is C18H36N2O2. The van der Waals surface area contributed by atoms with E-state index in [9.17, 15) is 9.59 Å². The highest BCUT2D eigenvalue weighted by molar-refractivity contribution is 5.96. The van der Waals surface area contributed by atoms with Gasteiger partial charge in [-0.3, -0.25) is 14.9 Å². The smallest absolute Gasteiger partial charge is 0.229 e. The molecule has 0 aromatic carbocycles. The summed E-state index contributed by atoms with van der Waals surface area (Å²) in [5, 5.41) is 2.52. The van der Waals surface area contributed by atoms with Crippen molar-refractivity contribution in [2.75, 3.05) is 21.1 Å². The Balaban J connectivity index is 0.000000980. The summed E-state index contributed by atoms with van der Waals surface area (Å²) < 4.78 is 0. The SMILES string of the molecule is CC1CCCCCCCCCCCC(=O)NC1=O.CN(C)C. The van der Waals surface area contributed by atoms with E-state index in [1.165, 1.54) is 38.5 Å². The van der Waals surface area contributed by atoms with Crippen molar-refractivity contribution < 1.29 is 9.59 Å². The predicted octanol–water partition coefficient (Wildman–Crippen LogP) is 3.75. The lowest BCUT2D eigenvalue weighted by atomic mass is 10.0. The maximum atomic E-state index is 11.7. The molecule has 0 spiro atoms. The molecule has 4 heteroatoms. The quantitative estimate of drug-likeness (QED) is 0.693. The first-order valence-electron chi connectivity index (χ1n) is 8.88. The van der Waals surface area contributed by atoms with Crippen LogP contribution < -0.4 is 5.32 Å². The second kappa shape index (κ2) is 13.7. The zero-order valence-corrected chi connectivity index (χ0v) is 15.1. The normalized spacial score (nSPS) is 22.9. The largest absolute Gasteiger partial charge is 0.312 e. The molecule has 0 aliphatic carbocycles. The second-order valence-corrected chi connectivity index (χ2v) is 6.88. The Hall–Kier alpha value is -0.900. The number of nitrogens with zero attached hydrogens (tertiary/aromatic N) is 1. The van der Waals surface area contributed by atoms with Crippen LogP contribution in [-0.4, -0.2) is 37.9 Å². The third kappa shape index (κ3) is 14.1. The molecule has 1 aliphatic heterocycles. The third-order valence-electron chi connectivity index (χ3n) is 3.75. The molecule has 22 heavy (non-hydrogen) atoms. The van der Waals surface area contributed by atoms with Gasteiger partial charge in [0.1, 0.15) is 0 Å². The van der Waals surface area contributed by atoms with E-state index in [4.69, 9.17) is 0 Å². The van der Waals surface area contributed by atoms with Crippen LogP contribution in [0, 0.1) is 5.92 Å². The Morgan fingerprint density at radius 3 is 1.73 bits per heavy atom. The average Bonchev–Trinajstić information content (AvgIpc) is 2.43. The van der Waals surface area contributed by atoms with Crippen LogP contribution in [0.25, 0.3) is 0 Å². The summed E-state index contributed by atoms with van der Waals surface area (Å²) in [4.78, 5) is 25.3. The van der Waals surface area contributed by atoms with Crippen molar-refractivity contribution in [3.8, 4) is 0 Å². The minimum atomic E-state index is -0.0956. The van der Waals surface area contributed by atoms with Gasteiger partial charge in [0, 0.05) is 12.3 Å². The van der Waals surface area contributed by atoms with Crippen LogP contribution in [0.3, 0.4) is 0 Å². The molecule has 0 bridgehead atoms. The Bertz CT molecular complexity index is 301. The highest BCUT2D eigenvalue weighted by atomic mass is 16.2. The van der Waals surface area contributed by atoms with Crippen molar-refractivity contribution in [3.63, 3.8) is 0 Å². The molecule has 1 rings (SSSR count). The van der Waals surface area contributed by atoms with Crippen LogP contribution in [0.15, 0.2) is 0 Å². The number of amides is 2. The summed E-state index contributed by atoms with van der Waals surface area (Å²) in [5.41, 5.74) is 0. The molecule has 0 saturated carbocycles. The van der Waals surface area contributed by atoms with Crippen molar-refractivity contribution in [2.24, 2.45) is 5.92 Å². The molecule has 1 fully saturated rings. The minimum absolute atomic E-state index is 0.0286. The molecule has 0 aromatic heterocycles. The zero-order chi connectivity index (χ0) is 16.8. The van der Waals surface area contributed by atoms with Gasteiger partial charge in [-0.25, -0.2) is 0 Å². The summed E-state index contributed by atoms with van der Waals surface area (Å²) >= 11 is 0. The molecule has 4 nitrogen and oxygen atoms in total. The van der Waals surface area contributed by atoms with Crippen molar-refractivity contribution in [3.05, 3.63) is 0 Å². The van der Waals surface area contributed by atoms with Crippen molar-refractivity contribution in [1.29, 1.82) is 0 Å². The Morgan fingerprint density at radius 1 is 0.818 bits per heavy atom. The molecular weight excluding hydrogens is 276 g/mol. The summed E-state index contributed by atoms with van der Waals surface area (Å²) in [6.07, 6.45) is 12.2. The van der Waals surface area contributed by atoms with Gasteiger partial charge in [-0.05, 0) is 34.0 Å². The molecule has 1 N–H and O–H groups in total. The highest BCUT2D eigenvalue weighted by Gasteiger charge is 2.15. The lowest BCUT2D eigenvalue weighted by Crippen LogP contribution is -2.34. The molecule has 2 amide bonds. The molecule has 1 atom stereocenters. The minimum Gasteiger partial charge on any atom is -0.312 e. The second-order valence-electron chi connectivity index (χ2n) is 6.88. The Kier molecular flexibility index (Phi) is 13.2. The van der Waals surface area contributed by atoms with E-state index in [-0.39, 0.29) is 17.7 Å². The first-order valence-corrected chi connectivity index (χ1v) is 8.88. The van der Waals surface area contributed by atoms with Crippen LogP contribution >= 0.6 is 0 Å². The van der Waals surface area contributed by atoms with Gasteiger partial charge in [0.2, 0.25) is 11.8 Å². The van der Waals surface area contributed by atoms with Crippen LogP contribution in [0.2, 0.25) is 0 Å². The summed E-state index contributed by atoms with van der Waals surface area (Å²) in [6, 6.07) is 0. The van der Waals surface area contributed by atoms with E-state index in [0.717, 1.165) is 25.7 Å². The fourth-order valence-corrected chi connectivity index (χ4v) is 2.43. The predicted molar refractivity (Wildman–Crippen MR) is 92.7 cm³/mol. The highest BCUT2D eigenvalue weighted by Crippen LogP contribution is 2.14. The summed E-state index contributed by atoms with van der Waals surface area (Å²) in [6.45, 7) is 1.92. The van der Waals surface area contributed by atoms with Crippen LogP contribution in [0.1, 0.15) is 77.6 Å². The first-order chi connectivity index (χ1) is 10.4. The van der Waals surface area contributed by atoms with Gasteiger partial charge in [-0.2, -0.15) is 0 Å². The Morgan fingerprint density at radius 2 is 1.23 bits per heavy atom. The molecule has 1 unspecified atom stereocenters. The van der Waals surface area contributed by atoms with Gasteiger partial charge in [0.25, 0.3) is 0 Å². The van der Waals surface area contributed by atoms with Gasteiger partial charge >= 0.3 is 0 Å². The van der Waals surface area contributed by atoms with Crippen molar-refractivity contribution in [1.82, 2.24) is 10.2 Å². The van der Waals surface area contributed by atoms with Gasteiger partial charge in [-0.15, -0.1) is 0 Å². The number of hydrogen-bond acceptors (Lipinski definition) is 3. The number of hydrogen-bond donors (Lipinski definition) is 1. The van der Waals surface area contributed by atoms with E-state index >= 15 is 0 Å². The molecule has 1 aliphatic rings. The van der Waals surface area contributed by atoms with Crippen LogP contribution in [-0.2, 0) is 9.59 Å². The summed E-state index contributed by atoms with van der Waals surface area (Å²) in [5.74, 6) is -0.212.